The predicted octanol–water partition coefficient (Wildman–Crippen LogP) is 2.91. The van der Waals surface area contributed by atoms with E-state index in [1.54, 1.807) is 0 Å². The highest BCUT2D eigenvalue weighted by atomic mass is 32.2. The Morgan fingerprint density at radius 1 is 1.15 bits per heavy atom. The van der Waals surface area contributed by atoms with Crippen molar-refractivity contribution in [3.63, 3.8) is 0 Å². The first-order valence-corrected chi connectivity index (χ1v) is 9.28. The van der Waals surface area contributed by atoms with E-state index in [4.69, 9.17) is 4.74 Å². The molecule has 1 aliphatic rings. The Bertz CT molecular complexity index is 688. The molecular formula is C15H19F5N2O3S. The van der Waals surface area contributed by atoms with Crippen LogP contribution >= 0.6 is 0 Å². The molecule has 1 unspecified atom stereocenters. The van der Waals surface area contributed by atoms with Crippen LogP contribution < -0.4 is 0 Å². The van der Waals surface area contributed by atoms with E-state index >= 15 is 0 Å². The predicted molar refractivity (Wildman–Crippen MR) is 83.9 cm³/mol. The maximum Gasteiger partial charge on any atom is 0.416 e. The van der Waals surface area contributed by atoms with E-state index in [1.165, 1.54) is 6.92 Å². The summed E-state index contributed by atoms with van der Waals surface area (Å²) in [6.45, 7) is 1.50. The summed E-state index contributed by atoms with van der Waals surface area (Å²) < 4.78 is 97.6. The van der Waals surface area contributed by atoms with Crippen molar-refractivity contribution in [2.75, 3.05) is 32.8 Å². The summed E-state index contributed by atoms with van der Waals surface area (Å²) in [7, 11) is -4.22. The van der Waals surface area contributed by atoms with Crippen molar-refractivity contribution in [1.29, 1.82) is 0 Å². The van der Waals surface area contributed by atoms with Gasteiger partial charge >= 0.3 is 6.18 Å². The standard InChI is InChI=1S/C15H19F5N2O3S/c1-2-22(26(23,24)21-7-9-25-10-8-21)13(14(16)17)11-3-5-12(6-4-11)15(18,19)20/h3-6,13-14H,2,7-10H2,1H3. The van der Waals surface area contributed by atoms with E-state index < -0.39 is 34.4 Å². The molecule has 0 spiro atoms. The van der Waals surface area contributed by atoms with Crippen LogP contribution in [0.1, 0.15) is 24.1 Å². The summed E-state index contributed by atoms with van der Waals surface area (Å²) in [6, 6.07) is 1.23. The maximum absolute atomic E-state index is 13.7. The molecule has 0 N–H and O–H groups in total. The lowest BCUT2D eigenvalue weighted by molar-refractivity contribution is -0.137. The zero-order chi connectivity index (χ0) is 19.5. The lowest BCUT2D eigenvalue weighted by Crippen LogP contribution is -2.50. The number of alkyl halides is 5. The van der Waals surface area contributed by atoms with Crippen molar-refractivity contribution in [2.24, 2.45) is 0 Å². The van der Waals surface area contributed by atoms with Gasteiger partial charge in [-0.15, -0.1) is 0 Å². The number of benzene rings is 1. The molecular weight excluding hydrogens is 383 g/mol. The zero-order valence-corrected chi connectivity index (χ0v) is 14.7. The summed E-state index contributed by atoms with van der Waals surface area (Å²) in [5.74, 6) is 0. The molecule has 11 heteroatoms. The maximum atomic E-state index is 13.7. The number of halogens is 5. The third-order valence-electron chi connectivity index (χ3n) is 4.03. The van der Waals surface area contributed by atoms with Crippen LogP contribution in [0.25, 0.3) is 0 Å². The Kier molecular flexibility index (Phi) is 6.59. The van der Waals surface area contributed by atoms with Crippen LogP contribution in [0.3, 0.4) is 0 Å². The molecule has 1 saturated heterocycles. The quantitative estimate of drug-likeness (QED) is 0.688. The zero-order valence-electron chi connectivity index (χ0n) is 13.9. The van der Waals surface area contributed by atoms with Crippen LogP contribution in [0.15, 0.2) is 24.3 Å². The molecule has 1 fully saturated rings. The molecule has 0 aliphatic carbocycles. The molecule has 26 heavy (non-hydrogen) atoms. The fourth-order valence-corrected chi connectivity index (χ4v) is 4.47. The third-order valence-corrected chi connectivity index (χ3v) is 6.13. The van der Waals surface area contributed by atoms with Gasteiger partial charge in [-0.3, -0.25) is 0 Å². The topological polar surface area (TPSA) is 49.9 Å². The molecule has 2 rings (SSSR count). The highest BCUT2D eigenvalue weighted by molar-refractivity contribution is 7.86. The van der Waals surface area contributed by atoms with E-state index in [2.05, 4.69) is 0 Å². The molecule has 5 nitrogen and oxygen atoms in total. The molecule has 0 amide bonds. The van der Waals surface area contributed by atoms with Crippen LogP contribution in [0.2, 0.25) is 0 Å². The Balaban J connectivity index is 2.37. The van der Waals surface area contributed by atoms with E-state index in [0.29, 0.717) is 16.4 Å². The fourth-order valence-electron chi connectivity index (χ4n) is 2.74. The molecule has 148 valence electrons. The van der Waals surface area contributed by atoms with E-state index in [-0.39, 0.29) is 38.4 Å². The number of hydrogen-bond acceptors (Lipinski definition) is 3. The second-order valence-electron chi connectivity index (χ2n) is 5.62. The van der Waals surface area contributed by atoms with Gasteiger partial charge in [-0.2, -0.15) is 30.2 Å². The van der Waals surface area contributed by atoms with Gasteiger partial charge in [0.25, 0.3) is 16.6 Å². The lowest BCUT2D eigenvalue weighted by atomic mass is 10.0. The minimum Gasteiger partial charge on any atom is -0.379 e. The van der Waals surface area contributed by atoms with Crippen molar-refractivity contribution in [2.45, 2.75) is 25.6 Å². The number of ether oxygens (including phenoxy) is 1. The highest BCUT2D eigenvalue weighted by Crippen LogP contribution is 2.34. The minimum absolute atomic E-state index is 0.0296. The minimum atomic E-state index is -4.61. The second kappa shape index (κ2) is 8.15. The summed E-state index contributed by atoms with van der Waals surface area (Å²) in [5.41, 5.74) is -1.19. The molecule has 1 aromatic carbocycles. The summed E-state index contributed by atoms with van der Waals surface area (Å²) in [4.78, 5) is 0. The molecule has 1 aromatic rings. The fraction of sp³-hybridized carbons (Fsp3) is 0.600. The molecule has 1 aliphatic heterocycles. The van der Waals surface area contributed by atoms with Gasteiger partial charge in [0.1, 0.15) is 6.04 Å². The number of morpholine rings is 1. The Hall–Kier alpha value is -1.30. The van der Waals surface area contributed by atoms with Crippen molar-refractivity contribution in [1.82, 2.24) is 8.61 Å². The van der Waals surface area contributed by atoms with Gasteiger partial charge in [0, 0.05) is 19.6 Å². The number of nitrogens with zero attached hydrogens (tertiary/aromatic N) is 2. The van der Waals surface area contributed by atoms with Gasteiger partial charge in [0.2, 0.25) is 0 Å². The lowest BCUT2D eigenvalue weighted by Gasteiger charge is -2.35. The molecule has 0 aromatic heterocycles. The molecule has 0 bridgehead atoms. The van der Waals surface area contributed by atoms with Gasteiger partial charge in [0.05, 0.1) is 18.8 Å². The Morgan fingerprint density at radius 2 is 1.69 bits per heavy atom. The van der Waals surface area contributed by atoms with Crippen molar-refractivity contribution in [3.05, 3.63) is 35.4 Å². The van der Waals surface area contributed by atoms with Crippen LogP contribution in [-0.2, 0) is 21.1 Å². The average molecular weight is 402 g/mol. The summed E-state index contributed by atoms with van der Waals surface area (Å²) in [6.07, 6.45) is -7.72. The smallest absolute Gasteiger partial charge is 0.379 e. The second-order valence-corrected chi connectivity index (χ2v) is 7.50. The molecule has 1 heterocycles. The Labute approximate surface area is 148 Å². The van der Waals surface area contributed by atoms with E-state index in [9.17, 15) is 30.4 Å². The Morgan fingerprint density at radius 3 is 2.12 bits per heavy atom. The largest absolute Gasteiger partial charge is 0.416 e. The van der Waals surface area contributed by atoms with Crippen LogP contribution in [0.4, 0.5) is 22.0 Å². The van der Waals surface area contributed by atoms with Gasteiger partial charge in [0.15, 0.2) is 0 Å². The van der Waals surface area contributed by atoms with Crippen molar-refractivity contribution < 1.29 is 35.1 Å². The van der Waals surface area contributed by atoms with Crippen LogP contribution in [0.5, 0.6) is 0 Å². The first-order chi connectivity index (χ1) is 12.1. The van der Waals surface area contributed by atoms with Crippen molar-refractivity contribution in [3.8, 4) is 0 Å². The molecule has 0 saturated carbocycles. The highest BCUT2D eigenvalue weighted by Gasteiger charge is 2.40. The van der Waals surface area contributed by atoms with Gasteiger partial charge in [-0.1, -0.05) is 19.1 Å². The van der Waals surface area contributed by atoms with Crippen molar-refractivity contribution >= 4 is 10.2 Å². The first-order valence-electron chi connectivity index (χ1n) is 7.89. The van der Waals surface area contributed by atoms with Gasteiger partial charge in [-0.05, 0) is 17.7 Å². The number of hydrogen-bond donors (Lipinski definition) is 0. The summed E-state index contributed by atoms with van der Waals surface area (Å²) in [5, 5.41) is 0. The number of rotatable bonds is 6. The third kappa shape index (κ3) is 4.51. The van der Waals surface area contributed by atoms with Gasteiger partial charge < -0.3 is 4.74 Å². The van der Waals surface area contributed by atoms with E-state index in [0.717, 1.165) is 16.4 Å². The van der Waals surface area contributed by atoms with E-state index in [1.807, 2.05) is 0 Å². The normalized spacial score (nSPS) is 18.5. The average Bonchev–Trinajstić information content (AvgIpc) is 2.59. The first kappa shape index (κ1) is 21.0. The molecule has 0 radical (unpaired) electrons. The molecule has 1 atom stereocenters. The van der Waals surface area contributed by atoms with Crippen LogP contribution in [0, 0.1) is 0 Å². The van der Waals surface area contributed by atoms with Crippen LogP contribution in [-0.4, -0.2) is 56.3 Å². The monoisotopic (exact) mass is 402 g/mol. The summed E-state index contributed by atoms with van der Waals surface area (Å²) >= 11 is 0. The SMILES string of the molecule is CCN(C(c1ccc(C(F)(F)F)cc1)C(F)F)S(=O)(=O)N1CCOCC1. The van der Waals surface area contributed by atoms with Gasteiger partial charge in [-0.25, -0.2) is 8.78 Å².